The van der Waals surface area contributed by atoms with Gasteiger partial charge in [0.1, 0.15) is 0 Å². The third-order valence-corrected chi connectivity index (χ3v) is 3.25. The molecule has 88 valence electrons. The lowest BCUT2D eigenvalue weighted by Crippen LogP contribution is -2.01. The standard InChI is InChI=1S/C12H9Cl3N2/c13-9-2-1-3-10(14)12(9)17-6-8-4-5-16-7-11(8)15/h1-5,7,17H,6H2. The molecule has 0 saturated carbocycles. The van der Waals surface area contributed by atoms with Gasteiger partial charge in [0, 0.05) is 18.9 Å². The van der Waals surface area contributed by atoms with E-state index in [-0.39, 0.29) is 0 Å². The highest BCUT2D eigenvalue weighted by Crippen LogP contribution is 2.30. The predicted octanol–water partition coefficient (Wildman–Crippen LogP) is 4.65. The van der Waals surface area contributed by atoms with Gasteiger partial charge in [0.2, 0.25) is 0 Å². The zero-order valence-electron chi connectivity index (χ0n) is 8.75. The van der Waals surface area contributed by atoms with Gasteiger partial charge in [0.15, 0.2) is 0 Å². The largest absolute Gasteiger partial charge is 0.378 e. The Morgan fingerprint density at radius 3 is 2.35 bits per heavy atom. The Balaban J connectivity index is 2.16. The summed E-state index contributed by atoms with van der Waals surface area (Å²) >= 11 is 18.1. The topological polar surface area (TPSA) is 24.9 Å². The maximum atomic E-state index is 6.04. The smallest absolute Gasteiger partial charge is 0.0721 e. The molecule has 2 nitrogen and oxygen atoms in total. The summed E-state index contributed by atoms with van der Waals surface area (Å²) in [5.74, 6) is 0. The van der Waals surface area contributed by atoms with E-state index in [9.17, 15) is 0 Å². The van der Waals surface area contributed by atoms with Crippen LogP contribution in [0.25, 0.3) is 0 Å². The summed E-state index contributed by atoms with van der Waals surface area (Å²) in [6.07, 6.45) is 3.30. The number of hydrogen-bond acceptors (Lipinski definition) is 2. The van der Waals surface area contributed by atoms with Gasteiger partial charge in [-0.15, -0.1) is 0 Å². The number of hydrogen-bond donors (Lipinski definition) is 1. The molecule has 1 aromatic carbocycles. The third kappa shape index (κ3) is 3.03. The quantitative estimate of drug-likeness (QED) is 0.888. The molecule has 2 aromatic rings. The molecule has 0 fully saturated rings. The van der Waals surface area contributed by atoms with Crippen LogP contribution in [-0.2, 0) is 6.54 Å². The molecular weight excluding hydrogens is 279 g/mol. The number of nitrogens with zero attached hydrogens (tertiary/aromatic N) is 1. The molecule has 0 aliphatic heterocycles. The monoisotopic (exact) mass is 286 g/mol. The summed E-state index contributed by atoms with van der Waals surface area (Å²) in [5.41, 5.74) is 1.65. The van der Waals surface area contributed by atoms with Gasteiger partial charge in [-0.25, -0.2) is 0 Å². The minimum absolute atomic E-state index is 0.546. The van der Waals surface area contributed by atoms with Crippen LogP contribution in [0.15, 0.2) is 36.7 Å². The number of benzene rings is 1. The molecule has 2 rings (SSSR count). The Morgan fingerprint density at radius 2 is 1.71 bits per heavy atom. The Labute approximate surface area is 115 Å². The number of rotatable bonds is 3. The van der Waals surface area contributed by atoms with Crippen molar-refractivity contribution < 1.29 is 0 Å². The Bertz CT molecular complexity index is 509. The maximum Gasteiger partial charge on any atom is 0.0721 e. The van der Waals surface area contributed by atoms with Crippen molar-refractivity contribution >= 4 is 40.5 Å². The molecule has 1 N–H and O–H groups in total. The third-order valence-electron chi connectivity index (χ3n) is 2.27. The number of pyridine rings is 1. The first-order valence-corrected chi connectivity index (χ1v) is 6.08. The molecule has 5 heteroatoms. The van der Waals surface area contributed by atoms with E-state index in [0.29, 0.717) is 27.3 Å². The van der Waals surface area contributed by atoms with Crippen molar-refractivity contribution in [1.82, 2.24) is 4.98 Å². The fourth-order valence-corrected chi connectivity index (χ4v) is 2.11. The van der Waals surface area contributed by atoms with Gasteiger partial charge in [-0.2, -0.15) is 0 Å². The van der Waals surface area contributed by atoms with Crippen molar-refractivity contribution in [3.63, 3.8) is 0 Å². The van der Waals surface area contributed by atoms with E-state index in [2.05, 4.69) is 10.3 Å². The molecule has 0 amide bonds. The molecule has 0 radical (unpaired) electrons. The first kappa shape index (κ1) is 12.5. The summed E-state index contributed by atoms with van der Waals surface area (Å²) in [4.78, 5) is 3.92. The number of halogens is 3. The van der Waals surface area contributed by atoms with Crippen LogP contribution < -0.4 is 5.32 Å². The zero-order valence-corrected chi connectivity index (χ0v) is 11.0. The zero-order chi connectivity index (χ0) is 12.3. The second kappa shape index (κ2) is 5.58. The second-order valence-electron chi connectivity index (χ2n) is 3.42. The minimum atomic E-state index is 0.546. The Hall–Kier alpha value is -0.960. The normalized spacial score (nSPS) is 10.3. The molecular formula is C12H9Cl3N2. The fourth-order valence-electron chi connectivity index (χ4n) is 1.40. The van der Waals surface area contributed by atoms with Crippen LogP contribution in [0, 0.1) is 0 Å². The van der Waals surface area contributed by atoms with E-state index in [1.807, 2.05) is 6.07 Å². The molecule has 0 bridgehead atoms. The van der Waals surface area contributed by atoms with Gasteiger partial charge in [-0.05, 0) is 23.8 Å². The molecule has 1 aromatic heterocycles. The predicted molar refractivity (Wildman–Crippen MR) is 73.0 cm³/mol. The van der Waals surface area contributed by atoms with E-state index in [1.54, 1.807) is 30.6 Å². The number of para-hydroxylation sites is 1. The molecule has 1 heterocycles. The highest BCUT2D eigenvalue weighted by Gasteiger charge is 2.05. The second-order valence-corrected chi connectivity index (χ2v) is 4.64. The van der Waals surface area contributed by atoms with Crippen molar-refractivity contribution in [3.05, 3.63) is 57.3 Å². The van der Waals surface area contributed by atoms with Crippen LogP contribution in [-0.4, -0.2) is 4.98 Å². The van der Waals surface area contributed by atoms with Crippen LogP contribution in [0.2, 0.25) is 15.1 Å². The van der Waals surface area contributed by atoms with Gasteiger partial charge in [-0.1, -0.05) is 40.9 Å². The summed E-state index contributed by atoms with van der Waals surface area (Å²) in [7, 11) is 0. The van der Waals surface area contributed by atoms with Crippen molar-refractivity contribution in [2.24, 2.45) is 0 Å². The minimum Gasteiger partial charge on any atom is -0.378 e. The van der Waals surface area contributed by atoms with Gasteiger partial charge in [0.25, 0.3) is 0 Å². The van der Waals surface area contributed by atoms with Crippen LogP contribution in [0.1, 0.15) is 5.56 Å². The first-order valence-electron chi connectivity index (χ1n) is 4.95. The number of nitrogens with one attached hydrogen (secondary N) is 1. The molecule has 0 spiro atoms. The molecule has 0 atom stereocenters. The van der Waals surface area contributed by atoms with Crippen molar-refractivity contribution in [3.8, 4) is 0 Å². The SMILES string of the molecule is Clc1cnccc1CNc1c(Cl)cccc1Cl. The number of anilines is 1. The maximum absolute atomic E-state index is 6.04. The van der Waals surface area contributed by atoms with Crippen LogP contribution >= 0.6 is 34.8 Å². The fraction of sp³-hybridized carbons (Fsp3) is 0.0833. The first-order chi connectivity index (χ1) is 8.18. The average molecular weight is 288 g/mol. The van der Waals surface area contributed by atoms with Crippen molar-refractivity contribution in [2.45, 2.75) is 6.54 Å². The van der Waals surface area contributed by atoms with E-state index in [1.165, 1.54) is 0 Å². The molecule has 0 saturated heterocycles. The van der Waals surface area contributed by atoms with E-state index in [4.69, 9.17) is 34.8 Å². The Kier molecular flexibility index (Phi) is 4.11. The van der Waals surface area contributed by atoms with Crippen molar-refractivity contribution in [1.29, 1.82) is 0 Å². The lowest BCUT2D eigenvalue weighted by molar-refractivity contribution is 1.13. The number of aromatic nitrogens is 1. The van der Waals surface area contributed by atoms with Gasteiger partial charge in [-0.3, -0.25) is 4.98 Å². The van der Waals surface area contributed by atoms with E-state index in [0.717, 1.165) is 5.56 Å². The van der Waals surface area contributed by atoms with Crippen molar-refractivity contribution in [2.75, 3.05) is 5.32 Å². The van der Waals surface area contributed by atoms with Crippen LogP contribution in [0.5, 0.6) is 0 Å². The van der Waals surface area contributed by atoms with Gasteiger partial charge >= 0.3 is 0 Å². The molecule has 0 aliphatic carbocycles. The van der Waals surface area contributed by atoms with E-state index >= 15 is 0 Å². The molecule has 17 heavy (non-hydrogen) atoms. The van der Waals surface area contributed by atoms with Crippen LogP contribution in [0.4, 0.5) is 5.69 Å². The van der Waals surface area contributed by atoms with Crippen LogP contribution in [0.3, 0.4) is 0 Å². The summed E-state index contributed by atoms with van der Waals surface area (Å²) < 4.78 is 0. The molecule has 0 unspecified atom stereocenters. The summed E-state index contributed by atoms with van der Waals surface area (Å²) in [6, 6.07) is 7.21. The Morgan fingerprint density at radius 1 is 1.00 bits per heavy atom. The lowest BCUT2D eigenvalue weighted by Gasteiger charge is -2.10. The summed E-state index contributed by atoms with van der Waals surface area (Å²) in [5, 5.41) is 4.95. The average Bonchev–Trinajstić information content (AvgIpc) is 2.30. The summed E-state index contributed by atoms with van der Waals surface area (Å²) in [6.45, 7) is 0.546. The highest BCUT2D eigenvalue weighted by molar-refractivity contribution is 6.39. The molecule has 0 aliphatic rings. The highest BCUT2D eigenvalue weighted by atomic mass is 35.5. The van der Waals surface area contributed by atoms with Gasteiger partial charge < -0.3 is 5.32 Å². The lowest BCUT2D eigenvalue weighted by atomic mass is 10.2. The van der Waals surface area contributed by atoms with Gasteiger partial charge in [0.05, 0.1) is 20.8 Å². The van der Waals surface area contributed by atoms with E-state index < -0.39 is 0 Å².